The molecule has 0 spiro atoms. The highest BCUT2D eigenvalue weighted by atomic mass is 32.1. The molecule has 0 aliphatic heterocycles. The molecule has 0 aliphatic carbocycles. The first-order valence-electron chi connectivity index (χ1n) is 7.36. The van der Waals surface area contributed by atoms with Gasteiger partial charge in [0.2, 0.25) is 0 Å². The summed E-state index contributed by atoms with van der Waals surface area (Å²) in [5, 5.41) is 13.0. The Labute approximate surface area is 143 Å². The molecular weight excluding hydrogens is 322 g/mol. The van der Waals surface area contributed by atoms with E-state index in [0.717, 1.165) is 20.5 Å². The van der Waals surface area contributed by atoms with Crippen LogP contribution in [0.3, 0.4) is 0 Å². The van der Waals surface area contributed by atoms with Crippen molar-refractivity contribution in [2.75, 3.05) is 0 Å². The molecule has 3 aromatic rings. The molecule has 3 rings (SSSR count). The van der Waals surface area contributed by atoms with Gasteiger partial charge < -0.3 is 10.4 Å². The number of thiophene rings is 1. The topological polar surface area (TPSA) is 66.4 Å². The standard InChI is InChI=1S/C19H15NO3S/c1-12-14-9-5-6-10-16(14)24-17(12)11-15(19(22)23)20-18(21)13-7-3-2-4-8-13/h2-11H,1H3,(H,20,21)(H,22,23)/b15-11+. The second-order valence-corrected chi connectivity index (χ2v) is 6.35. The lowest BCUT2D eigenvalue weighted by atomic mass is 10.1. The van der Waals surface area contributed by atoms with Gasteiger partial charge in [-0.25, -0.2) is 4.79 Å². The number of rotatable bonds is 4. The first-order valence-corrected chi connectivity index (χ1v) is 8.17. The first kappa shape index (κ1) is 16.0. The number of fused-ring (bicyclic) bond motifs is 1. The number of carbonyl (C=O) groups is 2. The monoisotopic (exact) mass is 337 g/mol. The second-order valence-electron chi connectivity index (χ2n) is 5.27. The minimum Gasteiger partial charge on any atom is -0.477 e. The lowest BCUT2D eigenvalue weighted by Gasteiger charge is -2.06. The third kappa shape index (κ3) is 3.21. The maximum Gasteiger partial charge on any atom is 0.352 e. The Balaban J connectivity index is 1.95. The quantitative estimate of drug-likeness (QED) is 0.705. The molecule has 4 nitrogen and oxygen atoms in total. The zero-order valence-electron chi connectivity index (χ0n) is 12.9. The Morgan fingerprint density at radius 2 is 1.71 bits per heavy atom. The minimum absolute atomic E-state index is 0.140. The predicted molar refractivity (Wildman–Crippen MR) is 96.1 cm³/mol. The maximum absolute atomic E-state index is 12.2. The molecule has 0 atom stereocenters. The van der Waals surface area contributed by atoms with E-state index in [9.17, 15) is 14.7 Å². The van der Waals surface area contributed by atoms with E-state index in [1.165, 1.54) is 17.4 Å². The molecule has 0 fully saturated rings. The molecule has 1 heterocycles. The van der Waals surface area contributed by atoms with E-state index >= 15 is 0 Å². The van der Waals surface area contributed by atoms with Gasteiger partial charge in [-0.15, -0.1) is 11.3 Å². The summed E-state index contributed by atoms with van der Waals surface area (Å²) in [4.78, 5) is 24.5. The highest BCUT2D eigenvalue weighted by Gasteiger charge is 2.15. The van der Waals surface area contributed by atoms with Gasteiger partial charge in [-0.3, -0.25) is 4.79 Å². The van der Waals surface area contributed by atoms with E-state index in [0.29, 0.717) is 5.56 Å². The fourth-order valence-corrected chi connectivity index (χ4v) is 3.55. The van der Waals surface area contributed by atoms with Gasteiger partial charge in [0.25, 0.3) is 5.91 Å². The fraction of sp³-hybridized carbons (Fsp3) is 0.0526. The van der Waals surface area contributed by atoms with Crippen molar-refractivity contribution in [3.05, 3.63) is 76.3 Å². The zero-order valence-corrected chi connectivity index (χ0v) is 13.8. The number of amides is 1. The van der Waals surface area contributed by atoms with E-state index in [-0.39, 0.29) is 5.70 Å². The van der Waals surface area contributed by atoms with Crippen molar-refractivity contribution in [2.24, 2.45) is 0 Å². The first-order chi connectivity index (χ1) is 11.6. The van der Waals surface area contributed by atoms with Gasteiger partial charge >= 0.3 is 5.97 Å². The van der Waals surface area contributed by atoms with Crippen LogP contribution >= 0.6 is 11.3 Å². The van der Waals surface area contributed by atoms with Crippen LogP contribution in [0.25, 0.3) is 16.2 Å². The number of carboxylic acids is 1. The molecule has 1 aromatic heterocycles. The van der Waals surface area contributed by atoms with Crippen molar-refractivity contribution in [2.45, 2.75) is 6.92 Å². The Morgan fingerprint density at radius 1 is 1.04 bits per heavy atom. The summed E-state index contributed by atoms with van der Waals surface area (Å²) >= 11 is 1.50. The summed E-state index contributed by atoms with van der Waals surface area (Å²) in [5.74, 6) is -1.61. The van der Waals surface area contributed by atoms with Crippen molar-refractivity contribution in [3.63, 3.8) is 0 Å². The van der Waals surface area contributed by atoms with Gasteiger partial charge in [-0.2, -0.15) is 0 Å². The molecule has 2 N–H and O–H groups in total. The normalized spacial score (nSPS) is 11.5. The molecule has 1 amide bonds. The third-order valence-electron chi connectivity index (χ3n) is 3.67. The van der Waals surface area contributed by atoms with Crippen molar-refractivity contribution in [1.82, 2.24) is 5.32 Å². The van der Waals surface area contributed by atoms with Crippen molar-refractivity contribution in [1.29, 1.82) is 0 Å². The van der Waals surface area contributed by atoms with Gasteiger partial charge in [0, 0.05) is 15.1 Å². The second kappa shape index (κ2) is 6.68. The fourth-order valence-electron chi connectivity index (χ4n) is 2.40. The molecule has 0 saturated heterocycles. The summed E-state index contributed by atoms with van der Waals surface area (Å²) in [5.41, 5.74) is 1.28. The number of hydrogen-bond donors (Lipinski definition) is 2. The molecule has 120 valence electrons. The van der Waals surface area contributed by atoms with Crippen molar-refractivity contribution in [3.8, 4) is 0 Å². The summed E-state index contributed by atoms with van der Waals surface area (Å²) in [6.07, 6.45) is 1.52. The average Bonchev–Trinajstić information content (AvgIpc) is 2.91. The lowest BCUT2D eigenvalue weighted by Crippen LogP contribution is -2.27. The van der Waals surface area contributed by atoms with Crippen molar-refractivity contribution < 1.29 is 14.7 Å². The molecule has 0 unspecified atom stereocenters. The van der Waals surface area contributed by atoms with Crippen LogP contribution in [0, 0.1) is 6.92 Å². The summed E-state index contributed by atoms with van der Waals surface area (Å²) in [6.45, 7) is 1.95. The zero-order chi connectivity index (χ0) is 17.1. The Hall–Kier alpha value is -2.92. The summed E-state index contributed by atoms with van der Waals surface area (Å²) in [7, 11) is 0. The van der Waals surface area contributed by atoms with E-state index < -0.39 is 11.9 Å². The van der Waals surface area contributed by atoms with Crippen molar-refractivity contribution >= 4 is 39.4 Å². The third-order valence-corrected chi connectivity index (χ3v) is 4.89. The average molecular weight is 337 g/mol. The number of carbonyl (C=O) groups excluding carboxylic acids is 1. The SMILES string of the molecule is Cc1c(/C=C(/NC(=O)c2ccccc2)C(=O)O)sc2ccccc12. The Bertz CT molecular complexity index is 942. The number of aliphatic carboxylic acids is 1. The van der Waals surface area contributed by atoms with E-state index in [1.807, 2.05) is 31.2 Å². The predicted octanol–water partition coefficient (Wildman–Crippen LogP) is 4.07. The largest absolute Gasteiger partial charge is 0.477 e. The Kier molecular flexibility index (Phi) is 4.44. The van der Waals surface area contributed by atoms with Crippen LogP contribution < -0.4 is 5.32 Å². The summed E-state index contributed by atoms with van der Waals surface area (Å²) < 4.78 is 1.08. The van der Waals surface area contributed by atoms with E-state index in [1.54, 1.807) is 30.3 Å². The van der Waals surface area contributed by atoms with E-state index in [2.05, 4.69) is 5.32 Å². The van der Waals surface area contributed by atoms with Gasteiger partial charge in [0.15, 0.2) is 0 Å². The Morgan fingerprint density at radius 3 is 2.38 bits per heavy atom. The van der Waals surface area contributed by atoms with Crippen LogP contribution in [-0.4, -0.2) is 17.0 Å². The molecule has 5 heteroatoms. The molecule has 0 bridgehead atoms. The van der Waals surface area contributed by atoms with Crippen LogP contribution in [-0.2, 0) is 4.79 Å². The van der Waals surface area contributed by atoms with Crippen LogP contribution in [0.15, 0.2) is 60.3 Å². The molecule has 0 radical (unpaired) electrons. The van der Waals surface area contributed by atoms with Gasteiger partial charge in [-0.05, 0) is 42.1 Å². The van der Waals surface area contributed by atoms with Gasteiger partial charge in [0.1, 0.15) is 5.70 Å². The van der Waals surface area contributed by atoms with Crippen LogP contribution in [0.1, 0.15) is 20.8 Å². The van der Waals surface area contributed by atoms with Gasteiger partial charge in [-0.1, -0.05) is 36.4 Å². The van der Waals surface area contributed by atoms with Crippen LogP contribution in [0.2, 0.25) is 0 Å². The summed E-state index contributed by atoms with van der Waals surface area (Å²) in [6, 6.07) is 16.4. The molecule has 2 aromatic carbocycles. The number of benzene rings is 2. The molecule has 24 heavy (non-hydrogen) atoms. The number of aryl methyl sites for hydroxylation is 1. The molecule has 0 saturated carbocycles. The van der Waals surface area contributed by atoms with E-state index in [4.69, 9.17) is 0 Å². The lowest BCUT2D eigenvalue weighted by molar-refractivity contribution is -0.132. The molecular formula is C19H15NO3S. The van der Waals surface area contributed by atoms with Gasteiger partial charge in [0.05, 0.1) is 0 Å². The minimum atomic E-state index is -1.17. The smallest absolute Gasteiger partial charge is 0.352 e. The molecule has 0 aliphatic rings. The highest BCUT2D eigenvalue weighted by molar-refractivity contribution is 7.20. The van der Waals surface area contributed by atoms with Crippen LogP contribution in [0.4, 0.5) is 0 Å². The highest BCUT2D eigenvalue weighted by Crippen LogP contribution is 2.31. The maximum atomic E-state index is 12.2. The number of nitrogens with one attached hydrogen (secondary N) is 1. The van der Waals surface area contributed by atoms with Crippen LogP contribution in [0.5, 0.6) is 0 Å². The number of hydrogen-bond acceptors (Lipinski definition) is 3. The number of carboxylic acid groups (broad SMARTS) is 1.